The number of hydrogen-bond donors (Lipinski definition) is 1. The third-order valence-electron chi connectivity index (χ3n) is 9.44. The molecule has 0 aromatic carbocycles. The lowest BCUT2D eigenvalue weighted by molar-refractivity contribution is -0.142. The van der Waals surface area contributed by atoms with Crippen LogP contribution in [0.25, 0.3) is 0 Å². The Morgan fingerprint density at radius 1 is 0.973 bits per heavy atom. The number of aldehydes is 1. The number of ether oxygens (including phenoxy) is 2. The van der Waals surface area contributed by atoms with Crippen molar-refractivity contribution in [2.24, 2.45) is 23.7 Å². The molecule has 0 spiro atoms. The van der Waals surface area contributed by atoms with Gasteiger partial charge in [0.05, 0.1) is 30.3 Å². The van der Waals surface area contributed by atoms with Crippen LogP contribution in [-0.4, -0.2) is 71.6 Å². The largest absolute Gasteiger partial charge is 0.465 e. The van der Waals surface area contributed by atoms with Crippen LogP contribution in [0.1, 0.15) is 69.2 Å². The van der Waals surface area contributed by atoms with Gasteiger partial charge in [-0.1, -0.05) is 55.4 Å². The molecule has 7 nitrogen and oxygen atoms in total. The quantitative estimate of drug-likeness (QED) is 0.124. The molecule has 0 saturated carbocycles. The highest BCUT2D eigenvalue weighted by molar-refractivity contribution is 6.74. The zero-order valence-corrected chi connectivity index (χ0v) is 28.1. The molecular weight excluding hydrogens is 504 g/mol. The van der Waals surface area contributed by atoms with Crippen LogP contribution in [0.4, 0.5) is 0 Å². The maximum absolute atomic E-state index is 12.3. The second-order valence-electron chi connectivity index (χ2n) is 14.4. The highest BCUT2D eigenvalue weighted by Crippen LogP contribution is 2.51. The maximum atomic E-state index is 12.3. The number of aliphatic hydroxyl groups is 1. The standard InChI is InChI=1S/C28H56O7Si2/c1-19(16-32-21(3)30)25-28(10,35-25)20(2)23(18-34-37(13,14)27(7,8)9)24(31)22(15-29)17-33-36(11,12)26(4,5)6/h15,19-20,22-25,31H,16-18H2,1-14H3/t19-,20-,22-,23+,24+,25+,28-/m0/s1. The molecule has 0 aromatic heterocycles. The molecule has 0 unspecified atom stereocenters. The summed E-state index contributed by atoms with van der Waals surface area (Å²) in [4.78, 5) is 23.5. The number of carbonyl (C=O) groups is 2. The molecule has 1 heterocycles. The second-order valence-corrected chi connectivity index (χ2v) is 24.0. The van der Waals surface area contributed by atoms with Crippen molar-refractivity contribution in [2.45, 2.75) is 123 Å². The van der Waals surface area contributed by atoms with Crippen molar-refractivity contribution >= 4 is 28.9 Å². The summed E-state index contributed by atoms with van der Waals surface area (Å²) in [6, 6.07) is 0. The Morgan fingerprint density at radius 2 is 1.43 bits per heavy atom. The number of aliphatic hydroxyl groups excluding tert-OH is 1. The van der Waals surface area contributed by atoms with Crippen molar-refractivity contribution in [1.29, 1.82) is 0 Å². The third kappa shape index (κ3) is 8.70. The number of carbonyl (C=O) groups excluding carboxylic acids is 2. The van der Waals surface area contributed by atoms with Crippen LogP contribution in [0.2, 0.25) is 36.3 Å². The minimum Gasteiger partial charge on any atom is -0.465 e. The fourth-order valence-corrected chi connectivity index (χ4v) is 6.25. The van der Waals surface area contributed by atoms with E-state index in [4.69, 9.17) is 18.3 Å². The molecule has 0 amide bonds. The van der Waals surface area contributed by atoms with Gasteiger partial charge in [0.15, 0.2) is 16.6 Å². The molecular formula is C28H56O7Si2. The van der Waals surface area contributed by atoms with E-state index < -0.39 is 34.3 Å². The van der Waals surface area contributed by atoms with Crippen molar-refractivity contribution in [3.8, 4) is 0 Å². The molecule has 1 N–H and O–H groups in total. The van der Waals surface area contributed by atoms with Crippen molar-refractivity contribution in [3.05, 3.63) is 0 Å². The first kappa shape index (κ1) is 34.4. The van der Waals surface area contributed by atoms with Crippen LogP contribution in [0.5, 0.6) is 0 Å². The molecule has 37 heavy (non-hydrogen) atoms. The van der Waals surface area contributed by atoms with Crippen LogP contribution < -0.4 is 0 Å². The summed E-state index contributed by atoms with van der Waals surface area (Å²) in [7, 11) is -4.20. The number of esters is 1. The first-order chi connectivity index (χ1) is 16.5. The molecule has 1 aliphatic heterocycles. The molecule has 218 valence electrons. The first-order valence-electron chi connectivity index (χ1n) is 13.7. The zero-order chi connectivity index (χ0) is 29.2. The van der Waals surface area contributed by atoms with Crippen molar-refractivity contribution in [1.82, 2.24) is 0 Å². The van der Waals surface area contributed by atoms with E-state index in [1.165, 1.54) is 6.92 Å². The van der Waals surface area contributed by atoms with Crippen molar-refractivity contribution in [2.75, 3.05) is 19.8 Å². The minimum absolute atomic E-state index is 0.00412. The molecule has 0 radical (unpaired) electrons. The van der Waals surface area contributed by atoms with Gasteiger partial charge in [-0.05, 0) is 49.1 Å². The molecule has 1 fully saturated rings. The van der Waals surface area contributed by atoms with Gasteiger partial charge in [0, 0.05) is 32.0 Å². The molecule has 0 aliphatic carbocycles. The highest BCUT2D eigenvalue weighted by Gasteiger charge is 2.61. The van der Waals surface area contributed by atoms with Gasteiger partial charge in [0.1, 0.15) is 6.29 Å². The fourth-order valence-electron chi connectivity index (χ4n) is 4.17. The maximum Gasteiger partial charge on any atom is 0.302 e. The van der Waals surface area contributed by atoms with E-state index in [0.717, 1.165) is 6.29 Å². The summed E-state index contributed by atoms with van der Waals surface area (Å²) in [5.74, 6) is -1.40. The normalized spacial score (nSPS) is 25.1. The Labute approximate surface area is 228 Å². The lowest BCUT2D eigenvalue weighted by Crippen LogP contribution is -2.49. The Bertz CT molecular complexity index is 771. The van der Waals surface area contributed by atoms with E-state index in [9.17, 15) is 14.7 Å². The molecule has 7 atom stereocenters. The summed E-state index contributed by atoms with van der Waals surface area (Å²) >= 11 is 0. The van der Waals surface area contributed by atoms with E-state index in [1.54, 1.807) is 0 Å². The summed E-state index contributed by atoms with van der Waals surface area (Å²) in [6.07, 6.45) is -0.212. The molecule has 1 rings (SSSR count). The predicted octanol–water partition coefficient (Wildman–Crippen LogP) is 5.82. The average Bonchev–Trinajstić information content (AvgIpc) is 3.43. The van der Waals surface area contributed by atoms with Gasteiger partial charge in [-0.2, -0.15) is 0 Å². The fraction of sp³-hybridized carbons (Fsp3) is 0.929. The first-order valence-corrected chi connectivity index (χ1v) is 19.6. The Morgan fingerprint density at radius 3 is 1.84 bits per heavy atom. The molecule has 0 aromatic rings. The Balaban J connectivity index is 3.17. The molecule has 1 aliphatic rings. The van der Waals surface area contributed by atoms with E-state index >= 15 is 0 Å². The van der Waals surface area contributed by atoms with Gasteiger partial charge in [0.2, 0.25) is 0 Å². The van der Waals surface area contributed by atoms with Crippen LogP contribution in [0, 0.1) is 23.7 Å². The second kappa shape index (κ2) is 12.3. The summed E-state index contributed by atoms with van der Waals surface area (Å²) in [6.45, 7) is 30.1. The molecule has 9 heteroatoms. The van der Waals surface area contributed by atoms with Gasteiger partial charge in [0.25, 0.3) is 0 Å². The van der Waals surface area contributed by atoms with Crippen LogP contribution in [0.15, 0.2) is 0 Å². The Hall–Kier alpha value is -0.586. The van der Waals surface area contributed by atoms with Gasteiger partial charge >= 0.3 is 5.97 Å². The predicted molar refractivity (Wildman–Crippen MR) is 154 cm³/mol. The topological polar surface area (TPSA) is 94.6 Å². The summed E-state index contributed by atoms with van der Waals surface area (Å²) in [5, 5.41) is 11.7. The van der Waals surface area contributed by atoms with Crippen LogP contribution in [0.3, 0.4) is 0 Å². The molecule has 1 saturated heterocycles. The smallest absolute Gasteiger partial charge is 0.302 e. The van der Waals surface area contributed by atoms with E-state index in [2.05, 4.69) is 74.7 Å². The number of hydrogen-bond acceptors (Lipinski definition) is 7. The third-order valence-corrected chi connectivity index (χ3v) is 18.4. The molecule has 0 bridgehead atoms. The monoisotopic (exact) mass is 560 g/mol. The van der Waals surface area contributed by atoms with Crippen LogP contribution >= 0.6 is 0 Å². The summed E-state index contributed by atoms with van der Waals surface area (Å²) in [5.41, 5.74) is -0.518. The SMILES string of the molecule is CC(=O)OC[C@H](C)[C@H]1O[C@@]1(C)[C@@H](C)[C@@H](CO[Si](C)(C)C(C)(C)C)[C@H](O)[C@@H](C=O)CO[Si](C)(C)C(C)(C)C. The van der Waals surface area contributed by atoms with E-state index in [1.807, 2.05) is 13.8 Å². The lowest BCUT2D eigenvalue weighted by Gasteiger charge is -2.41. The average molecular weight is 561 g/mol. The summed E-state index contributed by atoms with van der Waals surface area (Å²) < 4.78 is 24.4. The van der Waals surface area contributed by atoms with E-state index in [-0.39, 0.29) is 53.1 Å². The Kier molecular flexibility index (Phi) is 11.4. The number of rotatable bonds is 14. The van der Waals surface area contributed by atoms with Crippen molar-refractivity contribution in [3.63, 3.8) is 0 Å². The van der Waals surface area contributed by atoms with E-state index in [0.29, 0.717) is 6.61 Å². The van der Waals surface area contributed by atoms with Gasteiger partial charge in [-0.15, -0.1) is 0 Å². The zero-order valence-electron chi connectivity index (χ0n) is 26.1. The van der Waals surface area contributed by atoms with Gasteiger partial charge in [-0.3, -0.25) is 4.79 Å². The van der Waals surface area contributed by atoms with Gasteiger partial charge in [-0.25, -0.2) is 0 Å². The van der Waals surface area contributed by atoms with Gasteiger partial charge < -0.3 is 28.2 Å². The minimum atomic E-state index is -2.10. The number of epoxide rings is 1. The lowest BCUT2D eigenvalue weighted by atomic mass is 9.75. The van der Waals surface area contributed by atoms with Crippen molar-refractivity contribution < 1.29 is 33.0 Å². The van der Waals surface area contributed by atoms with Crippen LogP contribution in [-0.2, 0) is 27.9 Å². The highest BCUT2D eigenvalue weighted by atomic mass is 28.4.